The average Bonchev–Trinajstić information content (AvgIpc) is 2.70. The van der Waals surface area contributed by atoms with Crippen LogP contribution in [0.15, 0.2) is 41.6 Å². The zero-order chi connectivity index (χ0) is 21.9. The second-order valence-corrected chi connectivity index (χ2v) is 7.21. The van der Waals surface area contributed by atoms with E-state index in [1.807, 2.05) is 65.0 Å². The Hall–Kier alpha value is -2.95. The molecule has 0 radical (unpaired) electrons. The number of rotatable bonds is 11. The van der Waals surface area contributed by atoms with Crippen molar-refractivity contribution in [3.63, 3.8) is 0 Å². The van der Waals surface area contributed by atoms with E-state index in [9.17, 15) is 0 Å². The lowest BCUT2D eigenvalue weighted by molar-refractivity contribution is 0.215. The number of hydrogen-bond acceptors (Lipinski definition) is 5. The largest absolute Gasteiger partial charge is 0.493 e. The van der Waals surface area contributed by atoms with Gasteiger partial charge in [0.05, 0.1) is 19.4 Å². The Morgan fingerprint density at radius 2 is 1.53 bits per heavy atom. The molecule has 162 valence electrons. The molecule has 0 fully saturated rings. The van der Waals surface area contributed by atoms with Gasteiger partial charge in [0.1, 0.15) is 31.0 Å². The Morgan fingerprint density at radius 1 is 0.833 bits per heavy atom. The van der Waals surface area contributed by atoms with Gasteiger partial charge in [-0.15, -0.1) is 0 Å². The van der Waals surface area contributed by atoms with E-state index >= 15 is 0 Å². The molecule has 5 heteroatoms. The van der Waals surface area contributed by atoms with Crippen molar-refractivity contribution in [2.45, 2.75) is 41.0 Å². The maximum atomic E-state index is 6.02. The van der Waals surface area contributed by atoms with Gasteiger partial charge in [-0.05, 0) is 86.7 Å². The molecule has 2 aromatic carbocycles. The molecule has 0 bridgehead atoms. The monoisotopic (exact) mass is 411 g/mol. The van der Waals surface area contributed by atoms with Gasteiger partial charge >= 0.3 is 0 Å². The number of oxime groups is 1. The number of aryl methyl sites for hydroxylation is 4. The molecule has 0 saturated heterocycles. The van der Waals surface area contributed by atoms with Crippen LogP contribution in [0.1, 0.15) is 41.2 Å². The predicted molar refractivity (Wildman–Crippen MR) is 122 cm³/mol. The zero-order valence-corrected chi connectivity index (χ0v) is 19.0. The molecule has 0 atom stereocenters. The maximum Gasteiger partial charge on any atom is 0.125 e. The lowest BCUT2D eigenvalue weighted by atomic mass is 10.1. The minimum atomic E-state index is 0.575. The van der Waals surface area contributed by atoms with Gasteiger partial charge < -0.3 is 19.0 Å². The van der Waals surface area contributed by atoms with Crippen molar-refractivity contribution in [2.24, 2.45) is 5.16 Å². The smallest absolute Gasteiger partial charge is 0.125 e. The SMILES string of the molecule is C/C=C/COc1cc(C)c(OCCCOc2cc(C)c(/C=N/OC)cc2C)c(C)c1. The Kier molecular flexibility index (Phi) is 9.26. The molecular formula is C25H33NO4. The molecule has 0 unspecified atom stereocenters. The van der Waals surface area contributed by atoms with Crippen LogP contribution >= 0.6 is 0 Å². The topological polar surface area (TPSA) is 49.3 Å². The fourth-order valence-corrected chi connectivity index (χ4v) is 3.09. The van der Waals surface area contributed by atoms with Crippen LogP contribution in [0.3, 0.4) is 0 Å². The molecule has 0 N–H and O–H groups in total. The second-order valence-electron chi connectivity index (χ2n) is 7.21. The zero-order valence-electron chi connectivity index (χ0n) is 19.0. The van der Waals surface area contributed by atoms with Crippen molar-refractivity contribution >= 4 is 6.21 Å². The molecule has 0 aromatic heterocycles. The van der Waals surface area contributed by atoms with Crippen molar-refractivity contribution in [1.29, 1.82) is 0 Å². The average molecular weight is 412 g/mol. The fourth-order valence-electron chi connectivity index (χ4n) is 3.09. The molecule has 5 nitrogen and oxygen atoms in total. The number of allylic oxidation sites excluding steroid dienone is 1. The van der Waals surface area contributed by atoms with Gasteiger partial charge in [-0.3, -0.25) is 0 Å². The van der Waals surface area contributed by atoms with Gasteiger partial charge in [0.15, 0.2) is 0 Å². The second kappa shape index (κ2) is 11.9. The third-order valence-corrected chi connectivity index (χ3v) is 4.67. The molecule has 2 rings (SSSR count). The van der Waals surface area contributed by atoms with Crippen LogP contribution in [0.4, 0.5) is 0 Å². The van der Waals surface area contributed by atoms with E-state index in [-0.39, 0.29) is 0 Å². The summed E-state index contributed by atoms with van der Waals surface area (Å²) >= 11 is 0. The Morgan fingerprint density at radius 3 is 2.20 bits per heavy atom. The van der Waals surface area contributed by atoms with Crippen LogP contribution in [0.5, 0.6) is 17.2 Å². The molecule has 0 amide bonds. The first-order valence-corrected chi connectivity index (χ1v) is 10.2. The highest BCUT2D eigenvalue weighted by Crippen LogP contribution is 2.29. The van der Waals surface area contributed by atoms with Crippen LogP contribution < -0.4 is 14.2 Å². The van der Waals surface area contributed by atoms with Crippen LogP contribution in [0, 0.1) is 27.7 Å². The summed E-state index contributed by atoms with van der Waals surface area (Å²) in [6, 6.07) is 8.12. The van der Waals surface area contributed by atoms with Crippen LogP contribution in [-0.2, 0) is 4.84 Å². The molecule has 30 heavy (non-hydrogen) atoms. The van der Waals surface area contributed by atoms with Gasteiger partial charge in [0.2, 0.25) is 0 Å². The van der Waals surface area contributed by atoms with E-state index < -0.39 is 0 Å². The Balaban J connectivity index is 1.85. The quantitative estimate of drug-likeness (QED) is 0.206. The summed E-state index contributed by atoms with van der Waals surface area (Å²) < 4.78 is 17.7. The maximum absolute atomic E-state index is 6.02. The van der Waals surface area contributed by atoms with Gasteiger partial charge in [0.25, 0.3) is 0 Å². The van der Waals surface area contributed by atoms with E-state index in [2.05, 4.69) is 11.2 Å². The van der Waals surface area contributed by atoms with Gasteiger partial charge in [-0.25, -0.2) is 0 Å². The number of hydrogen-bond donors (Lipinski definition) is 0. The molecule has 0 saturated carbocycles. The minimum Gasteiger partial charge on any atom is -0.493 e. The molecule has 0 aliphatic heterocycles. The van der Waals surface area contributed by atoms with E-state index in [4.69, 9.17) is 19.0 Å². The van der Waals surface area contributed by atoms with Crippen molar-refractivity contribution in [2.75, 3.05) is 26.9 Å². The predicted octanol–water partition coefficient (Wildman–Crippen LogP) is 5.70. The van der Waals surface area contributed by atoms with Crippen molar-refractivity contribution in [1.82, 2.24) is 0 Å². The first-order valence-electron chi connectivity index (χ1n) is 10.2. The molecular weight excluding hydrogens is 378 g/mol. The highest BCUT2D eigenvalue weighted by Gasteiger charge is 2.08. The summed E-state index contributed by atoms with van der Waals surface area (Å²) in [6.45, 7) is 11.9. The summed E-state index contributed by atoms with van der Waals surface area (Å²) in [7, 11) is 1.54. The van der Waals surface area contributed by atoms with Crippen molar-refractivity contribution < 1.29 is 19.0 Å². The van der Waals surface area contributed by atoms with E-state index in [1.165, 1.54) is 7.11 Å². The van der Waals surface area contributed by atoms with Gasteiger partial charge in [-0.2, -0.15) is 0 Å². The van der Waals surface area contributed by atoms with Crippen molar-refractivity contribution in [3.05, 3.63) is 64.2 Å². The first kappa shape index (κ1) is 23.3. The summed E-state index contributed by atoms with van der Waals surface area (Å²) in [6.07, 6.45) is 6.47. The number of ether oxygens (including phenoxy) is 3. The molecule has 0 aliphatic rings. The number of benzene rings is 2. The standard InChI is InChI=1S/C25H33NO4/c1-7-8-10-28-23-14-20(4)25(21(5)15-23)30-12-9-11-29-24-16-18(2)22(13-19(24)3)17-26-27-6/h7-8,13-17H,9-12H2,1-6H3/b8-7+,26-17+. The van der Waals surface area contributed by atoms with Crippen molar-refractivity contribution in [3.8, 4) is 17.2 Å². The number of nitrogens with zero attached hydrogens (tertiary/aromatic N) is 1. The fraction of sp³-hybridized carbons (Fsp3) is 0.400. The Labute approximate surface area is 180 Å². The minimum absolute atomic E-state index is 0.575. The van der Waals surface area contributed by atoms with Crippen LogP contribution in [0.25, 0.3) is 0 Å². The van der Waals surface area contributed by atoms with Gasteiger partial charge in [0, 0.05) is 6.42 Å². The highest BCUT2D eigenvalue weighted by atomic mass is 16.6. The highest BCUT2D eigenvalue weighted by molar-refractivity contribution is 5.82. The summed E-state index contributed by atoms with van der Waals surface area (Å²) in [5.41, 5.74) is 5.33. The summed E-state index contributed by atoms with van der Waals surface area (Å²) in [5.74, 6) is 2.67. The molecule has 2 aromatic rings. The van der Waals surface area contributed by atoms with Gasteiger partial charge in [-0.1, -0.05) is 17.3 Å². The summed E-state index contributed by atoms with van der Waals surface area (Å²) in [5, 5.41) is 3.83. The molecule has 0 spiro atoms. The Bertz CT molecular complexity index is 864. The third kappa shape index (κ3) is 6.83. The van der Waals surface area contributed by atoms with E-state index in [1.54, 1.807) is 6.21 Å². The van der Waals surface area contributed by atoms with Crippen LogP contribution in [-0.4, -0.2) is 33.1 Å². The van der Waals surface area contributed by atoms with Crippen LogP contribution in [0.2, 0.25) is 0 Å². The molecule has 0 aliphatic carbocycles. The molecule has 0 heterocycles. The first-order chi connectivity index (χ1) is 14.5. The lowest BCUT2D eigenvalue weighted by Crippen LogP contribution is -2.07. The summed E-state index contributed by atoms with van der Waals surface area (Å²) in [4.78, 5) is 4.76. The normalized spacial score (nSPS) is 11.3. The van der Waals surface area contributed by atoms with E-state index in [0.717, 1.165) is 51.5 Å². The van der Waals surface area contributed by atoms with E-state index in [0.29, 0.717) is 19.8 Å². The lowest BCUT2D eigenvalue weighted by Gasteiger charge is -2.15. The third-order valence-electron chi connectivity index (χ3n) is 4.67.